The van der Waals surface area contributed by atoms with Gasteiger partial charge in [0.25, 0.3) is 0 Å². The van der Waals surface area contributed by atoms with Crippen molar-refractivity contribution in [3.8, 4) is 0 Å². The second-order valence-electron chi connectivity index (χ2n) is 4.02. The Labute approximate surface area is 105 Å². The van der Waals surface area contributed by atoms with Gasteiger partial charge in [0.2, 0.25) is 0 Å². The van der Waals surface area contributed by atoms with Crippen molar-refractivity contribution in [2.45, 2.75) is 19.0 Å². The van der Waals surface area contributed by atoms with Crippen molar-refractivity contribution in [3.05, 3.63) is 0 Å². The van der Waals surface area contributed by atoms with Crippen LogP contribution in [0.2, 0.25) is 0 Å². The molecule has 1 heterocycles. The first-order chi connectivity index (χ1) is 7.99. The largest absolute Gasteiger partial charge is 0.480 e. The van der Waals surface area contributed by atoms with E-state index in [9.17, 15) is 9.59 Å². The molecule has 1 saturated heterocycles. The molecule has 0 aromatic heterocycles. The van der Waals surface area contributed by atoms with Crippen LogP contribution >= 0.6 is 11.8 Å². The summed E-state index contributed by atoms with van der Waals surface area (Å²) in [6.45, 7) is 2.29. The summed E-state index contributed by atoms with van der Waals surface area (Å²) < 4.78 is 4.98. The lowest BCUT2D eigenvalue weighted by molar-refractivity contribution is -0.141. The minimum Gasteiger partial charge on any atom is -0.480 e. The zero-order valence-electron chi connectivity index (χ0n) is 10.3. The van der Waals surface area contributed by atoms with Crippen LogP contribution in [-0.2, 0) is 9.53 Å². The Balaban J connectivity index is 2.65. The van der Waals surface area contributed by atoms with E-state index < -0.39 is 12.0 Å². The SMILES string of the molecule is COCC(C)N(C)C(=O)N1CSC[C@H]1C(=O)O. The van der Waals surface area contributed by atoms with Crippen LogP contribution in [0, 0.1) is 0 Å². The van der Waals surface area contributed by atoms with Gasteiger partial charge in [-0.05, 0) is 6.92 Å². The van der Waals surface area contributed by atoms with E-state index in [4.69, 9.17) is 9.84 Å². The molecule has 1 aliphatic rings. The van der Waals surface area contributed by atoms with E-state index in [-0.39, 0.29) is 12.1 Å². The molecule has 0 bridgehead atoms. The van der Waals surface area contributed by atoms with Crippen LogP contribution in [0.15, 0.2) is 0 Å². The summed E-state index contributed by atoms with van der Waals surface area (Å²) >= 11 is 1.46. The van der Waals surface area contributed by atoms with Gasteiger partial charge in [-0.25, -0.2) is 9.59 Å². The number of hydrogen-bond donors (Lipinski definition) is 1. The summed E-state index contributed by atoms with van der Waals surface area (Å²) in [5.41, 5.74) is 0. The number of carboxylic acid groups (broad SMARTS) is 1. The number of amides is 2. The molecule has 1 aliphatic heterocycles. The lowest BCUT2D eigenvalue weighted by Gasteiger charge is -2.30. The van der Waals surface area contributed by atoms with Crippen LogP contribution in [-0.4, -0.2) is 71.4 Å². The monoisotopic (exact) mass is 262 g/mol. The van der Waals surface area contributed by atoms with E-state index in [2.05, 4.69) is 0 Å². The third-order valence-corrected chi connectivity index (χ3v) is 3.80. The average molecular weight is 262 g/mol. The predicted octanol–water partition coefficient (Wildman–Crippen LogP) is 0.533. The minimum absolute atomic E-state index is 0.0763. The Bertz CT molecular complexity index is 300. The lowest BCUT2D eigenvalue weighted by Crippen LogP contribution is -2.50. The van der Waals surface area contributed by atoms with Gasteiger partial charge in [-0.2, -0.15) is 0 Å². The molecule has 7 heteroatoms. The predicted molar refractivity (Wildman–Crippen MR) is 65.1 cm³/mol. The Hall–Kier alpha value is -0.950. The lowest BCUT2D eigenvalue weighted by atomic mass is 10.3. The number of ether oxygens (including phenoxy) is 1. The van der Waals surface area contributed by atoms with E-state index in [1.807, 2.05) is 6.92 Å². The molecule has 6 nitrogen and oxygen atoms in total. The molecule has 1 unspecified atom stereocenters. The maximum Gasteiger partial charge on any atom is 0.327 e. The molecule has 0 aromatic carbocycles. The second-order valence-corrected chi connectivity index (χ2v) is 5.02. The zero-order valence-corrected chi connectivity index (χ0v) is 11.1. The van der Waals surface area contributed by atoms with Gasteiger partial charge in [0.05, 0.1) is 18.5 Å². The maximum atomic E-state index is 12.1. The van der Waals surface area contributed by atoms with Crippen molar-refractivity contribution >= 4 is 23.8 Å². The van der Waals surface area contributed by atoms with Crippen LogP contribution in [0.5, 0.6) is 0 Å². The normalized spacial score (nSPS) is 21.4. The van der Waals surface area contributed by atoms with E-state index >= 15 is 0 Å². The highest BCUT2D eigenvalue weighted by Crippen LogP contribution is 2.22. The summed E-state index contributed by atoms with van der Waals surface area (Å²) in [5, 5.41) is 9.01. The number of likely N-dealkylation sites (N-methyl/N-ethyl adjacent to an activating group) is 1. The number of nitrogens with zero attached hydrogens (tertiary/aromatic N) is 2. The molecular formula is C10H18N2O4S. The van der Waals surface area contributed by atoms with E-state index in [0.29, 0.717) is 18.2 Å². The average Bonchev–Trinajstić information content (AvgIpc) is 2.76. The molecule has 2 atom stereocenters. The molecule has 0 spiro atoms. The highest BCUT2D eigenvalue weighted by Gasteiger charge is 2.36. The molecule has 1 rings (SSSR count). The molecule has 17 heavy (non-hydrogen) atoms. The number of rotatable bonds is 4. The molecule has 0 radical (unpaired) electrons. The van der Waals surface area contributed by atoms with Crippen LogP contribution in [0.1, 0.15) is 6.92 Å². The van der Waals surface area contributed by atoms with Gasteiger partial charge < -0.3 is 19.6 Å². The highest BCUT2D eigenvalue weighted by atomic mass is 32.2. The highest BCUT2D eigenvalue weighted by molar-refractivity contribution is 7.99. The Kier molecular flexibility index (Phi) is 5.07. The van der Waals surface area contributed by atoms with Crippen molar-refractivity contribution in [2.24, 2.45) is 0 Å². The molecule has 1 N–H and O–H groups in total. The van der Waals surface area contributed by atoms with Crippen molar-refractivity contribution in [3.63, 3.8) is 0 Å². The van der Waals surface area contributed by atoms with Gasteiger partial charge in [0.1, 0.15) is 6.04 Å². The number of urea groups is 1. The Morgan fingerprint density at radius 2 is 2.29 bits per heavy atom. The second kappa shape index (κ2) is 6.11. The number of carboxylic acids is 1. The molecule has 98 valence electrons. The van der Waals surface area contributed by atoms with Crippen LogP contribution in [0.4, 0.5) is 4.79 Å². The maximum absolute atomic E-state index is 12.1. The number of carbonyl (C=O) groups is 2. The van der Waals surface area contributed by atoms with Gasteiger partial charge in [-0.1, -0.05) is 0 Å². The standard InChI is InChI=1S/C10H18N2O4S/c1-7(4-16-3)11(2)10(15)12-6-17-5-8(12)9(13)14/h7-8H,4-6H2,1-3H3,(H,13,14)/t7?,8-/m0/s1. The Morgan fingerprint density at radius 1 is 1.65 bits per heavy atom. The fourth-order valence-electron chi connectivity index (χ4n) is 1.58. The molecule has 0 aromatic rings. The van der Waals surface area contributed by atoms with E-state index in [1.54, 1.807) is 14.2 Å². The quantitative estimate of drug-likeness (QED) is 0.800. The first-order valence-corrected chi connectivity index (χ1v) is 6.47. The van der Waals surface area contributed by atoms with Crippen molar-refractivity contribution < 1.29 is 19.4 Å². The van der Waals surface area contributed by atoms with Crippen molar-refractivity contribution in [1.29, 1.82) is 0 Å². The van der Waals surface area contributed by atoms with Gasteiger partial charge >= 0.3 is 12.0 Å². The topological polar surface area (TPSA) is 70.1 Å². The third kappa shape index (κ3) is 3.26. The van der Waals surface area contributed by atoms with Crippen LogP contribution in [0.25, 0.3) is 0 Å². The third-order valence-electron chi connectivity index (χ3n) is 2.78. The van der Waals surface area contributed by atoms with Gasteiger partial charge in [-0.3, -0.25) is 0 Å². The Morgan fingerprint density at radius 3 is 2.82 bits per heavy atom. The summed E-state index contributed by atoms with van der Waals surface area (Å²) in [6, 6.07) is -1.05. The molecule has 2 amide bonds. The number of thioether (sulfide) groups is 1. The van der Waals surface area contributed by atoms with Gasteiger partial charge in [-0.15, -0.1) is 11.8 Å². The number of aliphatic carboxylic acids is 1. The molecular weight excluding hydrogens is 244 g/mol. The molecule has 1 fully saturated rings. The summed E-state index contributed by atoms with van der Waals surface area (Å²) in [7, 11) is 3.23. The molecule has 0 saturated carbocycles. The van der Waals surface area contributed by atoms with E-state index in [1.165, 1.54) is 21.6 Å². The summed E-state index contributed by atoms with van der Waals surface area (Å²) in [6.07, 6.45) is 0. The van der Waals surface area contributed by atoms with Crippen molar-refractivity contribution in [1.82, 2.24) is 9.80 Å². The zero-order chi connectivity index (χ0) is 13.0. The molecule has 0 aliphatic carbocycles. The summed E-state index contributed by atoms with van der Waals surface area (Å²) in [5.74, 6) is -0.0657. The van der Waals surface area contributed by atoms with Crippen LogP contribution in [0.3, 0.4) is 0 Å². The minimum atomic E-state index is -0.948. The van der Waals surface area contributed by atoms with E-state index in [0.717, 1.165) is 0 Å². The first kappa shape index (κ1) is 14.1. The fourth-order valence-corrected chi connectivity index (χ4v) is 2.72. The van der Waals surface area contributed by atoms with Crippen molar-refractivity contribution in [2.75, 3.05) is 32.4 Å². The number of hydrogen-bond acceptors (Lipinski definition) is 4. The smallest absolute Gasteiger partial charge is 0.327 e. The van der Waals surface area contributed by atoms with Gasteiger partial charge in [0, 0.05) is 19.9 Å². The fraction of sp³-hybridized carbons (Fsp3) is 0.800. The number of carbonyl (C=O) groups excluding carboxylic acids is 1. The van der Waals surface area contributed by atoms with Gasteiger partial charge in [0.15, 0.2) is 0 Å². The summed E-state index contributed by atoms with van der Waals surface area (Å²) in [4.78, 5) is 26.0. The number of methoxy groups -OCH3 is 1. The van der Waals surface area contributed by atoms with Crippen LogP contribution < -0.4 is 0 Å². The first-order valence-electron chi connectivity index (χ1n) is 5.32.